The lowest BCUT2D eigenvalue weighted by Crippen LogP contribution is -2.55. The molecule has 0 aliphatic rings. The predicted octanol–water partition coefficient (Wildman–Crippen LogP) is 1.15. The van der Waals surface area contributed by atoms with E-state index in [0.29, 0.717) is 0 Å². The molecule has 1 unspecified atom stereocenters. The molecule has 0 radical (unpaired) electrons. The van der Waals surface area contributed by atoms with Crippen LogP contribution in [-0.4, -0.2) is 25.1 Å². The van der Waals surface area contributed by atoms with Crippen molar-refractivity contribution in [1.29, 1.82) is 0 Å². The number of nitrogens with one attached hydrogen (secondary N) is 1. The summed E-state index contributed by atoms with van der Waals surface area (Å²) in [6.45, 7) is 5.93. The lowest BCUT2D eigenvalue weighted by Gasteiger charge is -2.25. The van der Waals surface area contributed by atoms with Gasteiger partial charge in [0.1, 0.15) is 17.9 Å². The van der Waals surface area contributed by atoms with Crippen molar-refractivity contribution in [3.05, 3.63) is 29.3 Å². The van der Waals surface area contributed by atoms with Crippen LogP contribution in [0.2, 0.25) is 0 Å². The van der Waals surface area contributed by atoms with E-state index in [1.165, 1.54) is 5.56 Å². The van der Waals surface area contributed by atoms with Crippen LogP contribution in [0.3, 0.4) is 0 Å². The summed E-state index contributed by atoms with van der Waals surface area (Å²) in [6, 6.07) is 5.92. The van der Waals surface area contributed by atoms with Crippen LogP contribution in [-0.2, 0) is 4.79 Å². The van der Waals surface area contributed by atoms with Gasteiger partial charge in [-0.05, 0) is 39.4 Å². The molecule has 4 heteroatoms. The van der Waals surface area contributed by atoms with E-state index in [0.717, 1.165) is 11.3 Å². The Hall–Kier alpha value is -1.55. The largest absolute Gasteiger partial charge is 0.491 e. The number of hydrogen-bond acceptors (Lipinski definition) is 3. The molecule has 1 aromatic carbocycles. The molecule has 0 aliphatic carbocycles. The number of aryl methyl sites for hydroxylation is 2. The van der Waals surface area contributed by atoms with Crippen molar-refractivity contribution in [3.8, 4) is 5.75 Å². The number of carbonyl (C=O) groups excluding carboxylic acids is 1. The van der Waals surface area contributed by atoms with Gasteiger partial charge in [0.25, 0.3) is 0 Å². The van der Waals surface area contributed by atoms with Crippen LogP contribution in [0.4, 0.5) is 0 Å². The SMILES string of the molecule is CNC(C)(COc1ccc(C)cc1C)C(N)=O. The van der Waals surface area contributed by atoms with Crippen molar-refractivity contribution in [2.24, 2.45) is 5.73 Å². The molecule has 0 spiro atoms. The standard InChI is InChI=1S/C13H20N2O2/c1-9-5-6-11(10(2)7-9)17-8-13(3,15-4)12(14)16/h5-7,15H,8H2,1-4H3,(H2,14,16). The average molecular weight is 236 g/mol. The Bertz CT molecular complexity index is 418. The first kappa shape index (κ1) is 13.5. The highest BCUT2D eigenvalue weighted by atomic mass is 16.5. The van der Waals surface area contributed by atoms with Gasteiger partial charge in [-0.1, -0.05) is 17.7 Å². The van der Waals surface area contributed by atoms with Gasteiger partial charge in [0.2, 0.25) is 5.91 Å². The molecule has 1 rings (SSSR count). The van der Waals surface area contributed by atoms with Gasteiger partial charge < -0.3 is 15.8 Å². The highest BCUT2D eigenvalue weighted by Crippen LogP contribution is 2.19. The quantitative estimate of drug-likeness (QED) is 0.806. The van der Waals surface area contributed by atoms with E-state index in [4.69, 9.17) is 10.5 Å². The molecule has 3 N–H and O–H groups in total. The monoisotopic (exact) mass is 236 g/mol. The molecule has 1 amide bonds. The zero-order valence-electron chi connectivity index (χ0n) is 10.8. The van der Waals surface area contributed by atoms with E-state index in [1.54, 1.807) is 14.0 Å². The number of likely N-dealkylation sites (N-methyl/N-ethyl adjacent to an activating group) is 1. The smallest absolute Gasteiger partial charge is 0.240 e. The van der Waals surface area contributed by atoms with Gasteiger partial charge in [0.15, 0.2) is 0 Å². The number of rotatable bonds is 5. The Morgan fingerprint density at radius 2 is 2.12 bits per heavy atom. The summed E-state index contributed by atoms with van der Waals surface area (Å²) in [5, 5.41) is 2.88. The summed E-state index contributed by atoms with van der Waals surface area (Å²) in [4.78, 5) is 11.3. The molecule has 94 valence electrons. The van der Waals surface area contributed by atoms with E-state index in [9.17, 15) is 4.79 Å². The molecule has 17 heavy (non-hydrogen) atoms. The molecule has 0 fully saturated rings. The first-order valence-electron chi connectivity index (χ1n) is 5.58. The van der Waals surface area contributed by atoms with E-state index < -0.39 is 11.4 Å². The Labute approximate surface area is 102 Å². The number of benzene rings is 1. The second kappa shape index (κ2) is 5.19. The van der Waals surface area contributed by atoms with E-state index in [1.807, 2.05) is 32.0 Å². The predicted molar refractivity (Wildman–Crippen MR) is 68.1 cm³/mol. The fourth-order valence-electron chi connectivity index (χ4n) is 1.45. The van der Waals surface area contributed by atoms with Gasteiger partial charge in [-0.3, -0.25) is 4.79 Å². The van der Waals surface area contributed by atoms with Crippen molar-refractivity contribution in [2.75, 3.05) is 13.7 Å². The molecule has 0 aliphatic heterocycles. The molecule has 0 aromatic heterocycles. The Balaban J connectivity index is 2.76. The summed E-state index contributed by atoms with van der Waals surface area (Å²) in [6.07, 6.45) is 0. The van der Waals surface area contributed by atoms with E-state index in [-0.39, 0.29) is 6.61 Å². The van der Waals surface area contributed by atoms with Crippen molar-refractivity contribution >= 4 is 5.91 Å². The summed E-state index contributed by atoms with van der Waals surface area (Å²) < 4.78 is 5.65. The van der Waals surface area contributed by atoms with Crippen LogP contribution in [0.25, 0.3) is 0 Å². The highest BCUT2D eigenvalue weighted by molar-refractivity contribution is 5.84. The minimum Gasteiger partial charge on any atom is -0.491 e. The van der Waals surface area contributed by atoms with Crippen LogP contribution in [0.1, 0.15) is 18.1 Å². The minimum atomic E-state index is -0.850. The number of primary amides is 1. The van der Waals surface area contributed by atoms with Crippen LogP contribution in [0, 0.1) is 13.8 Å². The van der Waals surface area contributed by atoms with Gasteiger partial charge in [-0.15, -0.1) is 0 Å². The third-order valence-electron chi connectivity index (χ3n) is 2.94. The number of ether oxygens (including phenoxy) is 1. The molecule has 0 saturated carbocycles. The van der Waals surface area contributed by atoms with Crippen LogP contribution >= 0.6 is 0 Å². The van der Waals surface area contributed by atoms with Crippen LogP contribution in [0.5, 0.6) is 5.75 Å². The summed E-state index contributed by atoms with van der Waals surface area (Å²) in [5.74, 6) is 0.350. The normalized spacial score (nSPS) is 14.1. The third kappa shape index (κ3) is 3.20. The number of hydrogen-bond donors (Lipinski definition) is 2. The average Bonchev–Trinajstić information content (AvgIpc) is 2.27. The molecule has 0 saturated heterocycles. The van der Waals surface area contributed by atoms with E-state index in [2.05, 4.69) is 5.32 Å². The Morgan fingerprint density at radius 1 is 1.47 bits per heavy atom. The minimum absolute atomic E-state index is 0.211. The fourth-order valence-corrected chi connectivity index (χ4v) is 1.45. The first-order chi connectivity index (χ1) is 7.89. The topological polar surface area (TPSA) is 64.3 Å². The van der Waals surface area contributed by atoms with E-state index >= 15 is 0 Å². The van der Waals surface area contributed by atoms with Crippen molar-refractivity contribution in [1.82, 2.24) is 5.32 Å². The maximum atomic E-state index is 11.3. The fraction of sp³-hybridized carbons (Fsp3) is 0.462. The molecule has 0 heterocycles. The number of amides is 1. The second-order valence-electron chi connectivity index (χ2n) is 4.50. The third-order valence-corrected chi connectivity index (χ3v) is 2.94. The van der Waals surface area contributed by atoms with Gasteiger partial charge in [-0.2, -0.15) is 0 Å². The molecule has 1 aromatic rings. The Morgan fingerprint density at radius 3 is 2.59 bits per heavy atom. The summed E-state index contributed by atoms with van der Waals surface area (Å²) >= 11 is 0. The molecule has 0 bridgehead atoms. The molecular weight excluding hydrogens is 216 g/mol. The van der Waals surface area contributed by atoms with Crippen LogP contribution in [0.15, 0.2) is 18.2 Å². The second-order valence-corrected chi connectivity index (χ2v) is 4.50. The van der Waals surface area contributed by atoms with Crippen molar-refractivity contribution in [3.63, 3.8) is 0 Å². The lowest BCUT2D eigenvalue weighted by atomic mass is 10.0. The lowest BCUT2D eigenvalue weighted by molar-refractivity contribution is -0.124. The van der Waals surface area contributed by atoms with Gasteiger partial charge >= 0.3 is 0 Å². The first-order valence-corrected chi connectivity index (χ1v) is 5.58. The zero-order chi connectivity index (χ0) is 13.1. The number of nitrogens with two attached hydrogens (primary N) is 1. The molecule has 1 atom stereocenters. The van der Waals surface area contributed by atoms with Gasteiger partial charge in [0.05, 0.1) is 0 Å². The number of carbonyl (C=O) groups is 1. The summed E-state index contributed by atoms with van der Waals surface area (Å²) in [7, 11) is 1.69. The van der Waals surface area contributed by atoms with Crippen molar-refractivity contribution in [2.45, 2.75) is 26.3 Å². The maximum absolute atomic E-state index is 11.3. The zero-order valence-corrected chi connectivity index (χ0v) is 10.8. The Kier molecular flexibility index (Phi) is 4.12. The van der Waals surface area contributed by atoms with Gasteiger partial charge in [0, 0.05) is 0 Å². The van der Waals surface area contributed by atoms with Crippen LogP contribution < -0.4 is 15.8 Å². The maximum Gasteiger partial charge on any atom is 0.240 e. The summed E-state index contributed by atoms with van der Waals surface area (Å²) in [5.41, 5.74) is 6.71. The highest BCUT2D eigenvalue weighted by Gasteiger charge is 2.30. The van der Waals surface area contributed by atoms with Gasteiger partial charge in [-0.25, -0.2) is 0 Å². The van der Waals surface area contributed by atoms with Crippen molar-refractivity contribution < 1.29 is 9.53 Å². The molecule has 4 nitrogen and oxygen atoms in total. The molecular formula is C13H20N2O2.